The molecule has 1 aliphatic rings. The van der Waals surface area contributed by atoms with Crippen LogP contribution in [0.2, 0.25) is 0 Å². The van der Waals surface area contributed by atoms with Gasteiger partial charge in [-0.15, -0.1) is 0 Å². The molecule has 0 spiro atoms. The molecule has 5 nitrogen and oxygen atoms in total. The number of hydrogen-bond donors (Lipinski definition) is 3. The Hall–Kier alpha value is -1.43. The highest BCUT2D eigenvalue weighted by Gasteiger charge is 2.21. The van der Waals surface area contributed by atoms with Gasteiger partial charge in [-0.25, -0.2) is 0 Å². The Bertz CT molecular complexity index is 433. The van der Waals surface area contributed by atoms with Gasteiger partial charge in [0.05, 0.1) is 0 Å². The Morgan fingerprint density at radius 3 is 2.75 bits per heavy atom. The van der Waals surface area contributed by atoms with Crippen LogP contribution in [-0.2, 0) is 11.3 Å². The molecule has 1 aromatic rings. The molecule has 110 valence electrons. The highest BCUT2D eigenvalue weighted by Crippen LogP contribution is 2.15. The van der Waals surface area contributed by atoms with Crippen molar-refractivity contribution < 1.29 is 9.90 Å². The van der Waals surface area contributed by atoms with E-state index in [1.165, 1.54) is 0 Å². The van der Waals surface area contributed by atoms with Crippen LogP contribution >= 0.6 is 0 Å². The summed E-state index contributed by atoms with van der Waals surface area (Å²) in [5.41, 5.74) is 7.39. The van der Waals surface area contributed by atoms with Crippen LogP contribution in [0, 0.1) is 5.92 Å². The van der Waals surface area contributed by atoms with Gasteiger partial charge in [-0.1, -0.05) is 12.1 Å². The topological polar surface area (TPSA) is 78.6 Å². The minimum atomic E-state index is 0.0259. The fourth-order valence-corrected chi connectivity index (χ4v) is 2.47. The summed E-state index contributed by atoms with van der Waals surface area (Å²) in [5, 5.41) is 12.0. The van der Waals surface area contributed by atoms with Crippen molar-refractivity contribution in [2.24, 2.45) is 11.7 Å². The molecule has 1 fully saturated rings. The molecule has 1 heterocycles. The van der Waals surface area contributed by atoms with Gasteiger partial charge in [0.15, 0.2) is 0 Å². The Morgan fingerprint density at radius 2 is 2.15 bits per heavy atom. The number of carbonyl (C=O) groups excluding carboxylic acids is 1. The molecule has 1 aromatic carbocycles. The summed E-state index contributed by atoms with van der Waals surface area (Å²) in [5.74, 6) is 0.403. The van der Waals surface area contributed by atoms with Crippen molar-refractivity contribution in [3.05, 3.63) is 29.8 Å². The number of aliphatic hydroxyl groups excluding tert-OH is 1. The Balaban J connectivity index is 1.72. The van der Waals surface area contributed by atoms with Crippen molar-refractivity contribution in [1.82, 2.24) is 4.90 Å². The largest absolute Gasteiger partial charge is 0.396 e. The maximum atomic E-state index is 11.9. The van der Waals surface area contributed by atoms with Crippen LogP contribution in [0.4, 0.5) is 5.69 Å². The first-order chi connectivity index (χ1) is 9.71. The number of anilines is 1. The van der Waals surface area contributed by atoms with E-state index in [0.29, 0.717) is 18.9 Å². The summed E-state index contributed by atoms with van der Waals surface area (Å²) in [6.45, 7) is 3.38. The van der Waals surface area contributed by atoms with Crippen LogP contribution < -0.4 is 11.1 Å². The molecule has 2 rings (SSSR count). The van der Waals surface area contributed by atoms with Gasteiger partial charge in [-0.3, -0.25) is 4.79 Å². The van der Waals surface area contributed by atoms with Crippen molar-refractivity contribution in [1.29, 1.82) is 0 Å². The third-order valence-electron chi connectivity index (χ3n) is 3.76. The van der Waals surface area contributed by atoms with Crippen molar-refractivity contribution in [2.75, 3.05) is 31.6 Å². The summed E-state index contributed by atoms with van der Waals surface area (Å²) >= 11 is 0. The van der Waals surface area contributed by atoms with E-state index in [2.05, 4.69) is 10.2 Å². The zero-order chi connectivity index (χ0) is 14.4. The lowest BCUT2D eigenvalue weighted by molar-refractivity contribution is -0.116. The lowest BCUT2D eigenvalue weighted by Crippen LogP contribution is -2.26. The van der Waals surface area contributed by atoms with E-state index in [1.807, 2.05) is 24.3 Å². The average Bonchev–Trinajstić information content (AvgIpc) is 2.94. The minimum Gasteiger partial charge on any atom is -0.396 e. The van der Waals surface area contributed by atoms with E-state index in [0.717, 1.165) is 37.3 Å². The van der Waals surface area contributed by atoms with Gasteiger partial charge in [0, 0.05) is 38.3 Å². The molecule has 5 heteroatoms. The van der Waals surface area contributed by atoms with Crippen LogP contribution in [0.3, 0.4) is 0 Å². The summed E-state index contributed by atoms with van der Waals surface area (Å²) in [6.07, 6.45) is 1.51. The van der Waals surface area contributed by atoms with Gasteiger partial charge in [-0.2, -0.15) is 0 Å². The van der Waals surface area contributed by atoms with Crippen LogP contribution in [0.25, 0.3) is 0 Å². The van der Waals surface area contributed by atoms with Crippen molar-refractivity contribution in [3.63, 3.8) is 0 Å². The molecule has 1 atom stereocenters. The second-order valence-electron chi connectivity index (χ2n) is 5.34. The lowest BCUT2D eigenvalue weighted by Gasteiger charge is -2.15. The fraction of sp³-hybridized carbons (Fsp3) is 0.533. The zero-order valence-corrected chi connectivity index (χ0v) is 11.7. The number of nitrogens with zero attached hydrogens (tertiary/aromatic N) is 1. The number of benzene rings is 1. The number of nitrogens with one attached hydrogen (secondary N) is 1. The Labute approximate surface area is 119 Å². The number of carbonyl (C=O) groups is 1. The summed E-state index contributed by atoms with van der Waals surface area (Å²) in [7, 11) is 0. The number of aliphatic hydroxyl groups is 1. The molecule has 4 N–H and O–H groups in total. The van der Waals surface area contributed by atoms with Gasteiger partial charge in [0.25, 0.3) is 0 Å². The molecular formula is C15H23N3O2. The number of hydrogen-bond acceptors (Lipinski definition) is 4. The van der Waals surface area contributed by atoms with E-state index >= 15 is 0 Å². The number of rotatable bonds is 6. The number of likely N-dealkylation sites (tertiary alicyclic amines) is 1. The maximum Gasteiger partial charge on any atom is 0.225 e. The molecular weight excluding hydrogens is 254 g/mol. The lowest BCUT2D eigenvalue weighted by atomic mass is 10.1. The minimum absolute atomic E-state index is 0.0259. The maximum absolute atomic E-state index is 11.9. The number of amides is 1. The third kappa shape index (κ3) is 4.30. The third-order valence-corrected chi connectivity index (χ3v) is 3.76. The predicted molar refractivity (Wildman–Crippen MR) is 79.2 cm³/mol. The van der Waals surface area contributed by atoms with E-state index < -0.39 is 0 Å². The first-order valence-electron chi connectivity index (χ1n) is 7.13. The van der Waals surface area contributed by atoms with Crippen molar-refractivity contribution in [3.8, 4) is 0 Å². The summed E-state index contributed by atoms with van der Waals surface area (Å²) in [4.78, 5) is 14.1. The Kier molecular flexibility index (Phi) is 5.52. The van der Waals surface area contributed by atoms with Crippen LogP contribution in [0.5, 0.6) is 0 Å². The van der Waals surface area contributed by atoms with Gasteiger partial charge in [0.2, 0.25) is 5.91 Å². The Morgan fingerprint density at radius 1 is 1.40 bits per heavy atom. The standard InChI is InChI=1S/C15H23N3O2/c16-9-12-1-3-14(4-2-12)17-15(20)6-8-18-7-5-13(10-18)11-19/h1-4,13,19H,5-11,16H2,(H,17,20). The number of nitrogens with two attached hydrogens (primary N) is 1. The summed E-state index contributed by atoms with van der Waals surface area (Å²) in [6, 6.07) is 7.58. The van der Waals surface area contributed by atoms with E-state index in [1.54, 1.807) is 0 Å². The molecule has 0 bridgehead atoms. The molecule has 0 aliphatic carbocycles. The molecule has 1 amide bonds. The quantitative estimate of drug-likeness (QED) is 0.718. The first-order valence-corrected chi connectivity index (χ1v) is 7.13. The molecule has 0 saturated carbocycles. The molecule has 1 aliphatic heterocycles. The highest BCUT2D eigenvalue weighted by atomic mass is 16.3. The smallest absolute Gasteiger partial charge is 0.225 e. The second-order valence-corrected chi connectivity index (χ2v) is 5.34. The zero-order valence-electron chi connectivity index (χ0n) is 11.7. The molecule has 1 unspecified atom stereocenters. The SMILES string of the molecule is NCc1ccc(NC(=O)CCN2CCC(CO)C2)cc1. The predicted octanol–water partition coefficient (Wildman–Crippen LogP) is 0.788. The molecule has 20 heavy (non-hydrogen) atoms. The van der Waals surface area contributed by atoms with Gasteiger partial charge >= 0.3 is 0 Å². The highest BCUT2D eigenvalue weighted by molar-refractivity contribution is 5.90. The van der Waals surface area contributed by atoms with E-state index in [4.69, 9.17) is 10.8 Å². The van der Waals surface area contributed by atoms with Crippen molar-refractivity contribution in [2.45, 2.75) is 19.4 Å². The summed E-state index contributed by atoms with van der Waals surface area (Å²) < 4.78 is 0. The van der Waals surface area contributed by atoms with Crippen molar-refractivity contribution >= 4 is 11.6 Å². The van der Waals surface area contributed by atoms with Gasteiger partial charge in [-0.05, 0) is 36.6 Å². The second kappa shape index (κ2) is 7.38. The van der Waals surface area contributed by atoms with Crippen LogP contribution in [0.1, 0.15) is 18.4 Å². The monoisotopic (exact) mass is 277 g/mol. The van der Waals surface area contributed by atoms with Crippen LogP contribution in [-0.4, -0.2) is 42.2 Å². The van der Waals surface area contributed by atoms with Gasteiger partial charge in [0.1, 0.15) is 0 Å². The average molecular weight is 277 g/mol. The normalized spacial score (nSPS) is 19.2. The molecule has 1 saturated heterocycles. The van der Waals surface area contributed by atoms with E-state index in [9.17, 15) is 4.79 Å². The molecule has 0 radical (unpaired) electrons. The molecule has 0 aromatic heterocycles. The first kappa shape index (κ1) is 15.0. The van der Waals surface area contributed by atoms with E-state index in [-0.39, 0.29) is 12.5 Å². The van der Waals surface area contributed by atoms with Crippen LogP contribution in [0.15, 0.2) is 24.3 Å². The fourth-order valence-electron chi connectivity index (χ4n) is 2.47. The van der Waals surface area contributed by atoms with Gasteiger partial charge < -0.3 is 21.1 Å².